The Balaban J connectivity index is 1.85. The number of aryl methyl sites for hydroxylation is 1. The maximum Gasteiger partial charge on any atom is 0.280 e. The van der Waals surface area contributed by atoms with E-state index in [4.69, 9.17) is 19.0 Å². The van der Waals surface area contributed by atoms with Gasteiger partial charge in [0.1, 0.15) is 43.9 Å². The maximum atomic E-state index is 14.2. The van der Waals surface area contributed by atoms with Crippen LogP contribution >= 0.6 is 0 Å². The van der Waals surface area contributed by atoms with Gasteiger partial charge in [-0.1, -0.05) is 44.9 Å². The number of hydrogen-bond acceptors (Lipinski definition) is 9. The number of benzene rings is 2. The summed E-state index contributed by atoms with van der Waals surface area (Å²) in [6, 6.07) is 10.3. The van der Waals surface area contributed by atoms with Crippen molar-refractivity contribution in [2.45, 2.75) is 20.5 Å². The second-order valence-corrected chi connectivity index (χ2v) is 6.62. The maximum absolute atomic E-state index is 14.2. The van der Waals surface area contributed by atoms with Crippen LogP contribution in [-0.2, 0) is 21.1 Å². The number of rotatable bonds is 9. The third-order valence-electron chi connectivity index (χ3n) is 4.32. The van der Waals surface area contributed by atoms with Crippen molar-refractivity contribution in [1.29, 1.82) is 0 Å². The molecule has 172 valence electrons. The van der Waals surface area contributed by atoms with Gasteiger partial charge >= 0.3 is 0 Å². The van der Waals surface area contributed by atoms with E-state index in [2.05, 4.69) is 25.6 Å². The van der Waals surface area contributed by atoms with Gasteiger partial charge in [-0.2, -0.15) is 4.98 Å². The lowest BCUT2D eigenvalue weighted by Gasteiger charge is -2.10. The van der Waals surface area contributed by atoms with E-state index in [0.29, 0.717) is 22.7 Å². The van der Waals surface area contributed by atoms with Gasteiger partial charge in [0.05, 0.1) is 0 Å². The lowest BCUT2D eigenvalue weighted by Crippen LogP contribution is -2.15. The summed E-state index contributed by atoms with van der Waals surface area (Å²) in [4.78, 5) is 19.4. The fourth-order valence-corrected chi connectivity index (χ4v) is 2.89. The van der Waals surface area contributed by atoms with Crippen molar-refractivity contribution in [2.24, 2.45) is 15.5 Å². The number of aromatic nitrogens is 2. The predicted octanol–water partition coefficient (Wildman–Crippen LogP) is 4.00. The standard InChI is InChI=1S/C22H21F2N5O4/c1-13(20(28-30-3)18-10-9-16(23)11-19(18)24)26-32-12-15-7-5-6-8-17(15)21(29-31-4)22-25-14(2)27-33-22/h5-11H,12H2,1-4H3. The highest BCUT2D eigenvalue weighted by Gasteiger charge is 2.19. The molecule has 3 rings (SSSR count). The topological polar surface area (TPSA) is 104 Å². The molecule has 9 nitrogen and oxygen atoms in total. The Morgan fingerprint density at radius 2 is 1.76 bits per heavy atom. The molecule has 3 aromatic rings. The quantitative estimate of drug-likeness (QED) is 0.355. The van der Waals surface area contributed by atoms with Crippen LogP contribution in [-0.4, -0.2) is 41.5 Å². The highest BCUT2D eigenvalue weighted by atomic mass is 19.1. The molecule has 2 aromatic carbocycles. The molecule has 0 aliphatic heterocycles. The fourth-order valence-electron chi connectivity index (χ4n) is 2.89. The average Bonchev–Trinajstić information content (AvgIpc) is 3.22. The van der Waals surface area contributed by atoms with Gasteiger partial charge in [0, 0.05) is 22.8 Å². The van der Waals surface area contributed by atoms with Crippen molar-refractivity contribution in [1.82, 2.24) is 10.1 Å². The Morgan fingerprint density at radius 3 is 2.42 bits per heavy atom. The van der Waals surface area contributed by atoms with E-state index in [0.717, 1.165) is 12.1 Å². The lowest BCUT2D eigenvalue weighted by atomic mass is 10.0. The summed E-state index contributed by atoms with van der Waals surface area (Å²) in [6.07, 6.45) is 0. The van der Waals surface area contributed by atoms with Gasteiger partial charge in [-0.05, 0) is 26.0 Å². The lowest BCUT2D eigenvalue weighted by molar-refractivity contribution is 0.130. The van der Waals surface area contributed by atoms with Crippen LogP contribution in [0.5, 0.6) is 0 Å². The molecule has 1 heterocycles. The summed E-state index contributed by atoms with van der Waals surface area (Å²) in [5.74, 6) is -0.884. The van der Waals surface area contributed by atoms with E-state index < -0.39 is 11.6 Å². The van der Waals surface area contributed by atoms with Gasteiger partial charge in [-0.15, -0.1) is 0 Å². The zero-order chi connectivity index (χ0) is 23.8. The Kier molecular flexibility index (Phi) is 7.79. The van der Waals surface area contributed by atoms with Gasteiger partial charge < -0.3 is 19.0 Å². The summed E-state index contributed by atoms with van der Waals surface area (Å²) in [6.45, 7) is 3.27. The minimum absolute atomic E-state index is 0.0183. The summed E-state index contributed by atoms with van der Waals surface area (Å²) < 4.78 is 32.7. The van der Waals surface area contributed by atoms with Crippen LogP contribution in [0.4, 0.5) is 8.78 Å². The molecule has 0 amide bonds. The highest BCUT2D eigenvalue weighted by molar-refractivity contribution is 6.47. The molecule has 0 radical (unpaired) electrons. The minimum Gasteiger partial charge on any atom is -0.399 e. The van der Waals surface area contributed by atoms with Crippen molar-refractivity contribution in [3.8, 4) is 0 Å². The van der Waals surface area contributed by atoms with E-state index >= 15 is 0 Å². The molecule has 0 N–H and O–H groups in total. The number of oxime groups is 3. The fraction of sp³-hybridized carbons (Fsp3) is 0.227. The Bertz CT molecular complexity index is 1210. The molecule has 0 atom stereocenters. The molecule has 0 aliphatic rings. The average molecular weight is 457 g/mol. The van der Waals surface area contributed by atoms with Gasteiger partial charge in [0.15, 0.2) is 11.5 Å². The summed E-state index contributed by atoms with van der Waals surface area (Å²) in [5, 5.41) is 15.6. The molecular weight excluding hydrogens is 436 g/mol. The van der Waals surface area contributed by atoms with Gasteiger partial charge in [0.2, 0.25) is 0 Å². The second-order valence-electron chi connectivity index (χ2n) is 6.62. The summed E-state index contributed by atoms with van der Waals surface area (Å²) in [5.41, 5.74) is 1.95. The molecule has 33 heavy (non-hydrogen) atoms. The summed E-state index contributed by atoms with van der Waals surface area (Å²) >= 11 is 0. The van der Waals surface area contributed by atoms with E-state index in [9.17, 15) is 8.78 Å². The van der Waals surface area contributed by atoms with Crippen molar-refractivity contribution < 1.29 is 27.8 Å². The molecule has 0 aliphatic carbocycles. The highest BCUT2D eigenvalue weighted by Crippen LogP contribution is 2.17. The normalized spacial score (nSPS) is 12.6. The van der Waals surface area contributed by atoms with Crippen molar-refractivity contribution in [2.75, 3.05) is 14.2 Å². The van der Waals surface area contributed by atoms with Crippen LogP contribution in [0, 0.1) is 18.6 Å². The molecule has 0 spiro atoms. The van der Waals surface area contributed by atoms with Crippen LogP contribution < -0.4 is 0 Å². The first-order valence-corrected chi connectivity index (χ1v) is 9.68. The Morgan fingerprint density at radius 1 is 1.00 bits per heavy atom. The Labute approximate surface area is 188 Å². The first-order chi connectivity index (χ1) is 15.9. The molecule has 1 aromatic heterocycles. The van der Waals surface area contributed by atoms with Crippen molar-refractivity contribution >= 4 is 17.1 Å². The van der Waals surface area contributed by atoms with Crippen LogP contribution in [0.15, 0.2) is 62.5 Å². The van der Waals surface area contributed by atoms with Crippen LogP contribution in [0.3, 0.4) is 0 Å². The number of halogens is 2. The van der Waals surface area contributed by atoms with Crippen LogP contribution in [0.2, 0.25) is 0 Å². The van der Waals surface area contributed by atoms with E-state index in [-0.39, 0.29) is 29.5 Å². The molecule has 0 saturated heterocycles. The van der Waals surface area contributed by atoms with Gasteiger partial charge in [-0.25, -0.2) is 8.78 Å². The minimum atomic E-state index is -0.805. The van der Waals surface area contributed by atoms with Gasteiger partial charge in [-0.3, -0.25) is 0 Å². The number of hydrogen-bond donors (Lipinski definition) is 0. The predicted molar refractivity (Wildman–Crippen MR) is 116 cm³/mol. The second kappa shape index (κ2) is 10.9. The third-order valence-corrected chi connectivity index (χ3v) is 4.32. The van der Waals surface area contributed by atoms with Crippen LogP contribution in [0.1, 0.15) is 35.3 Å². The van der Waals surface area contributed by atoms with Crippen molar-refractivity contribution in [3.05, 3.63) is 82.5 Å². The van der Waals surface area contributed by atoms with Crippen LogP contribution in [0.25, 0.3) is 0 Å². The molecule has 0 saturated carbocycles. The molecular formula is C22H21F2N5O4. The molecule has 11 heteroatoms. The summed E-state index contributed by atoms with van der Waals surface area (Å²) in [7, 11) is 2.71. The zero-order valence-corrected chi connectivity index (χ0v) is 18.4. The Hall–Kier alpha value is -4.15. The first-order valence-electron chi connectivity index (χ1n) is 9.68. The van der Waals surface area contributed by atoms with E-state index in [1.54, 1.807) is 26.0 Å². The van der Waals surface area contributed by atoms with Crippen molar-refractivity contribution in [3.63, 3.8) is 0 Å². The largest absolute Gasteiger partial charge is 0.399 e. The molecule has 0 fully saturated rings. The van der Waals surface area contributed by atoms with E-state index in [1.165, 1.54) is 20.3 Å². The monoisotopic (exact) mass is 457 g/mol. The third kappa shape index (κ3) is 5.76. The number of nitrogens with zero attached hydrogens (tertiary/aromatic N) is 5. The molecule has 0 bridgehead atoms. The smallest absolute Gasteiger partial charge is 0.280 e. The zero-order valence-electron chi connectivity index (χ0n) is 18.4. The SMILES string of the molecule is CON=C(C(C)=NOCc1ccccc1C(=NOC)c1nc(C)no1)c1ccc(F)cc1F. The van der Waals surface area contributed by atoms with Gasteiger partial charge in [0.25, 0.3) is 5.89 Å². The first kappa shape index (κ1) is 23.5. The van der Waals surface area contributed by atoms with E-state index in [1.807, 2.05) is 12.1 Å². The molecule has 0 unspecified atom stereocenters.